The van der Waals surface area contributed by atoms with Gasteiger partial charge in [-0.3, -0.25) is 10.4 Å². The smallest absolute Gasteiger partial charge is 0.155 e. The first-order valence-corrected chi connectivity index (χ1v) is 10.5. The number of hydrogen-bond acceptors (Lipinski definition) is 7. The largest absolute Gasteiger partial charge is 0.382 e. The van der Waals surface area contributed by atoms with Gasteiger partial charge in [-0.05, 0) is 44.2 Å². The summed E-state index contributed by atoms with van der Waals surface area (Å²) >= 11 is 0. The van der Waals surface area contributed by atoms with Crippen LogP contribution in [0.5, 0.6) is 0 Å². The normalized spacial score (nSPS) is 26.2. The van der Waals surface area contributed by atoms with Crippen LogP contribution in [0, 0.1) is 10.8 Å². The molecule has 0 aromatic carbocycles. The molecule has 2 aliphatic heterocycles. The number of hydrogen-bond donors (Lipinski definition) is 3. The van der Waals surface area contributed by atoms with Crippen molar-refractivity contribution in [2.45, 2.75) is 44.6 Å². The SMILES string of the molecule is N=C(c1ncc(N2CC[C@]3(CCCC3N)C2)nc1N)N1CCCc2ncccc21. The van der Waals surface area contributed by atoms with Gasteiger partial charge in [0, 0.05) is 37.3 Å². The maximum Gasteiger partial charge on any atom is 0.155 e. The maximum atomic E-state index is 8.72. The minimum Gasteiger partial charge on any atom is -0.382 e. The molecule has 1 saturated carbocycles. The lowest BCUT2D eigenvalue weighted by Crippen LogP contribution is -2.39. The van der Waals surface area contributed by atoms with Gasteiger partial charge >= 0.3 is 0 Å². The highest BCUT2D eigenvalue weighted by molar-refractivity contribution is 6.09. The quantitative estimate of drug-likeness (QED) is 0.527. The van der Waals surface area contributed by atoms with Crippen molar-refractivity contribution in [1.29, 1.82) is 5.41 Å². The second kappa shape index (κ2) is 6.95. The molecular weight excluding hydrogens is 364 g/mol. The van der Waals surface area contributed by atoms with Crippen LogP contribution in [0.1, 0.15) is 43.5 Å². The average molecular weight is 393 g/mol. The average Bonchev–Trinajstić information content (AvgIpc) is 3.34. The fourth-order valence-corrected chi connectivity index (χ4v) is 5.25. The van der Waals surface area contributed by atoms with Crippen LogP contribution in [-0.4, -0.2) is 46.5 Å². The molecule has 5 rings (SSSR count). The molecule has 0 bridgehead atoms. The highest BCUT2D eigenvalue weighted by atomic mass is 15.2. The van der Waals surface area contributed by atoms with E-state index in [-0.39, 0.29) is 17.3 Å². The van der Waals surface area contributed by atoms with Gasteiger partial charge in [0.2, 0.25) is 0 Å². The first kappa shape index (κ1) is 18.3. The first-order valence-electron chi connectivity index (χ1n) is 10.5. The molecule has 0 amide bonds. The molecule has 1 spiro atoms. The summed E-state index contributed by atoms with van der Waals surface area (Å²) in [6.07, 6.45) is 10.1. The molecule has 0 radical (unpaired) electrons. The molecule has 5 N–H and O–H groups in total. The van der Waals surface area contributed by atoms with Crippen molar-refractivity contribution in [3.8, 4) is 0 Å². The summed E-state index contributed by atoms with van der Waals surface area (Å²) in [6, 6.07) is 4.18. The number of rotatable bonds is 2. The van der Waals surface area contributed by atoms with Crippen LogP contribution < -0.4 is 21.3 Å². The lowest BCUT2D eigenvalue weighted by molar-refractivity contribution is 0.297. The molecule has 2 atom stereocenters. The van der Waals surface area contributed by atoms with Crippen LogP contribution in [0.3, 0.4) is 0 Å². The third-order valence-electron chi connectivity index (χ3n) is 6.92. The maximum absolute atomic E-state index is 8.72. The van der Waals surface area contributed by atoms with Crippen molar-refractivity contribution in [1.82, 2.24) is 15.0 Å². The Bertz CT molecular complexity index is 944. The number of aromatic nitrogens is 3. The number of aryl methyl sites for hydroxylation is 1. The predicted octanol–water partition coefficient (Wildman–Crippen LogP) is 1.94. The molecule has 2 aromatic heterocycles. The van der Waals surface area contributed by atoms with Crippen molar-refractivity contribution in [3.63, 3.8) is 0 Å². The monoisotopic (exact) mass is 392 g/mol. The van der Waals surface area contributed by atoms with Crippen LogP contribution >= 0.6 is 0 Å². The van der Waals surface area contributed by atoms with E-state index in [1.54, 1.807) is 12.4 Å². The minimum absolute atomic E-state index is 0.215. The van der Waals surface area contributed by atoms with Gasteiger partial charge in [-0.2, -0.15) is 0 Å². The van der Waals surface area contributed by atoms with Crippen LogP contribution in [0.2, 0.25) is 0 Å². The van der Waals surface area contributed by atoms with Crippen LogP contribution in [0.4, 0.5) is 17.3 Å². The van der Waals surface area contributed by atoms with E-state index < -0.39 is 0 Å². The standard InChI is InChI=1S/C21H28N8/c22-16-6-1-7-21(16)8-11-28(13-21)17-12-26-18(19(23)27-17)20(24)29-10-3-4-14-15(29)5-2-9-25-14/h2,5,9,12,16,24H,1,3-4,6-8,10-11,13,22H2,(H2,23,27)/t16?,21-/m1/s1. The Labute approximate surface area is 170 Å². The Morgan fingerprint density at radius 3 is 2.90 bits per heavy atom. The highest BCUT2D eigenvalue weighted by Gasteiger charge is 2.46. The van der Waals surface area contributed by atoms with Gasteiger partial charge in [0.05, 0.1) is 17.6 Å². The third-order valence-corrected chi connectivity index (χ3v) is 6.92. The third kappa shape index (κ3) is 3.02. The Morgan fingerprint density at radius 1 is 1.21 bits per heavy atom. The second-order valence-electron chi connectivity index (χ2n) is 8.57. The lowest BCUT2D eigenvalue weighted by Gasteiger charge is -2.31. The summed E-state index contributed by atoms with van der Waals surface area (Å²) in [5, 5.41) is 8.72. The van der Waals surface area contributed by atoms with E-state index in [2.05, 4.69) is 19.9 Å². The van der Waals surface area contributed by atoms with Gasteiger partial charge in [0.25, 0.3) is 0 Å². The van der Waals surface area contributed by atoms with E-state index >= 15 is 0 Å². The second-order valence-corrected chi connectivity index (χ2v) is 8.57. The van der Waals surface area contributed by atoms with Gasteiger partial charge in [0.1, 0.15) is 11.5 Å². The van der Waals surface area contributed by atoms with E-state index in [0.717, 1.165) is 62.5 Å². The van der Waals surface area contributed by atoms with E-state index in [9.17, 15) is 0 Å². The van der Waals surface area contributed by atoms with Crippen LogP contribution in [-0.2, 0) is 6.42 Å². The Morgan fingerprint density at radius 2 is 2.10 bits per heavy atom. The molecular formula is C21H28N8. The molecule has 2 aromatic rings. The van der Waals surface area contributed by atoms with Crippen molar-refractivity contribution < 1.29 is 0 Å². The Kier molecular flexibility index (Phi) is 4.38. The number of amidine groups is 1. The summed E-state index contributed by atoms with van der Waals surface area (Å²) in [5.41, 5.74) is 15.3. The number of nitrogen functional groups attached to an aromatic ring is 1. The van der Waals surface area contributed by atoms with Gasteiger partial charge in [-0.15, -0.1) is 0 Å². The molecule has 152 valence electrons. The lowest BCUT2D eigenvalue weighted by atomic mass is 9.82. The zero-order chi connectivity index (χ0) is 20.0. The highest BCUT2D eigenvalue weighted by Crippen LogP contribution is 2.45. The number of nitrogens with zero attached hydrogens (tertiary/aromatic N) is 5. The van der Waals surface area contributed by atoms with E-state index in [1.165, 1.54) is 12.8 Å². The summed E-state index contributed by atoms with van der Waals surface area (Å²) in [6.45, 7) is 2.61. The fraction of sp³-hybridized carbons (Fsp3) is 0.524. The molecule has 8 heteroatoms. The molecule has 4 heterocycles. The number of anilines is 3. The van der Waals surface area contributed by atoms with Gasteiger partial charge in [-0.25, -0.2) is 9.97 Å². The number of nitrogens with one attached hydrogen (secondary N) is 1. The van der Waals surface area contributed by atoms with E-state index in [1.807, 2.05) is 17.0 Å². The topological polar surface area (TPSA) is 121 Å². The molecule has 1 saturated heterocycles. The van der Waals surface area contributed by atoms with Crippen molar-refractivity contribution in [2.75, 3.05) is 35.2 Å². The van der Waals surface area contributed by atoms with Crippen LogP contribution in [0.25, 0.3) is 0 Å². The fourth-order valence-electron chi connectivity index (χ4n) is 5.25. The molecule has 2 fully saturated rings. The van der Waals surface area contributed by atoms with Gasteiger partial charge in [-0.1, -0.05) is 6.42 Å². The summed E-state index contributed by atoms with van der Waals surface area (Å²) in [4.78, 5) is 17.8. The number of fused-ring (bicyclic) bond motifs is 1. The first-order chi connectivity index (χ1) is 14.1. The molecule has 1 unspecified atom stereocenters. The molecule has 8 nitrogen and oxygen atoms in total. The number of nitrogens with two attached hydrogens (primary N) is 2. The zero-order valence-electron chi connectivity index (χ0n) is 16.6. The summed E-state index contributed by atoms with van der Waals surface area (Å²) < 4.78 is 0. The Balaban J connectivity index is 1.38. The van der Waals surface area contributed by atoms with Crippen molar-refractivity contribution in [2.24, 2.45) is 11.1 Å². The molecule has 29 heavy (non-hydrogen) atoms. The zero-order valence-corrected chi connectivity index (χ0v) is 16.6. The van der Waals surface area contributed by atoms with Gasteiger partial charge < -0.3 is 21.3 Å². The Hall–Kier alpha value is -2.74. The number of pyridine rings is 1. The minimum atomic E-state index is 0.215. The molecule has 1 aliphatic carbocycles. The predicted molar refractivity (Wildman–Crippen MR) is 114 cm³/mol. The molecule has 3 aliphatic rings. The summed E-state index contributed by atoms with van der Waals surface area (Å²) in [7, 11) is 0. The van der Waals surface area contributed by atoms with Crippen molar-refractivity contribution >= 4 is 23.2 Å². The van der Waals surface area contributed by atoms with Gasteiger partial charge in [0.15, 0.2) is 11.7 Å². The van der Waals surface area contributed by atoms with E-state index in [4.69, 9.17) is 16.9 Å². The van der Waals surface area contributed by atoms with E-state index in [0.29, 0.717) is 11.5 Å². The van der Waals surface area contributed by atoms with Crippen LogP contribution in [0.15, 0.2) is 24.5 Å². The summed E-state index contributed by atoms with van der Waals surface area (Å²) in [5.74, 6) is 1.38. The van der Waals surface area contributed by atoms with Crippen molar-refractivity contribution in [3.05, 3.63) is 35.9 Å².